The van der Waals surface area contributed by atoms with Gasteiger partial charge in [-0.2, -0.15) is 0 Å². The molecule has 0 aromatic heterocycles. The van der Waals surface area contributed by atoms with Gasteiger partial charge in [0.15, 0.2) is 0 Å². The number of likely N-dealkylation sites (tertiary alicyclic amines) is 1. The minimum Gasteiger partial charge on any atom is -0.455 e. The summed E-state index contributed by atoms with van der Waals surface area (Å²) in [6.45, 7) is 15.1. The van der Waals surface area contributed by atoms with Crippen LogP contribution >= 0.6 is 0 Å². The number of anilines is 1. The molecule has 3 saturated heterocycles. The summed E-state index contributed by atoms with van der Waals surface area (Å²) in [4.78, 5) is 59.5. The molecule has 2 N–H and O–H groups in total. The normalized spacial score (nSPS) is 25.1. The second kappa shape index (κ2) is 15.1. The van der Waals surface area contributed by atoms with Crippen LogP contribution in [-0.4, -0.2) is 77.2 Å². The largest absolute Gasteiger partial charge is 0.455 e. The van der Waals surface area contributed by atoms with Crippen molar-refractivity contribution in [2.75, 3.05) is 24.6 Å². The maximum absolute atomic E-state index is 14.9. The Morgan fingerprint density at radius 2 is 1.88 bits per heavy atom. The van der Waals surface area contributed by atoms with E-state index in [0.717, 1.165) is 11.1 Å². The Morgan fingerprint density at radius 3 is 2.53 bits per heavy atom. The van der Waals surface area contributed by atoms with E-state index >= 15 is 0 Å². The molecule has 49 heavy (non-hydrogen) atoms. The number of aliphatic hydroxyl groups excluding tert-OH is 1. The minimum absolute atomic E-state index is 0.0489. The van der Waals surface area contributed by atoms with E-state index < -0.39 is 53.6 Å². The smallest absolute Gasteiger partial charge is 0.313 e. The second-order valence-electron chi connectivity index (χ2n) is 13.8. The van der Waals surface area contributed by atoms with Gasteiger partial charge >= 0.3 is 5.97 Å². The molecule has 2 bridgehead atoms. The highest BCUT2D eigenvalue weighted by molar-refractivity contribution is 6.05. The number of nitrogens with zero attached hydrogens (tertiary/aromatic N) is 2. The lowest BCUT2D eigenvalue weighted by atomic mass is 9.70. The van der Waals surface area contributed by atoms with Gasteiger partial charge in [-0.1, -0.05) is 68.5 Å². The van der Waals surface area contributed by atoms with Crippen molar-refractivity contribution in [1.29, 1.82) is 0 Å². The molecule has 10 nitrogen and oxygen atoms in total. The van der Waals surface area contributed by atoms with Crippen molar-refractivity contribution < 1.29 is 33.8 Å². The SMILES string of the molecule is C=CCCC(=O)NC[C@H](OC(=O)[C@@H]1[C@H]2C(=O)N([C@@H](CO)C(C)C)[C@H](C(=O)N(CC=C)c3cc(C)ccc3C)[C@]23CC[C@H]1O3)c1ccccc1. The number of allylic oxidation sites excluding steroid dienone is 1. The minimum atomic E-state index is -1.29. The third kappa shape index (κ3) is 6.81. The molecule has 1 spiro atoms. The van der Waals surface area contributed by atoms with Gasteiger partial charge in [-0.3, -0.25) is 19.2 Å². The second-order valence-corrected chi connectivity index (χ2v) is 13.8. The molecule has 3 fully saturated rings. The first-order valence-electron chi connectivity index (χ1n) is 17.2. The Balaban J connectivity index is 1.51. The molecule has 0 aliphatic carbocycles. The number of fused-ring (bicyclic) bond motifs is 1. The molecule has 3 amide bonds. The summed E-state index contributed by atoms with van der Waals surface area (Å²) in [5, 5.41) is 13.5. The predicted octanol–water partition coefficient (Wildman–Crippen LogP) is 4.58. The summed E-state index contributed by atoms with van der Waals surface area (Å²) in [7, 11) is 0. The Labute approximate surface area is 289 Å². The highest BCUT2D eigenvalue weighted by atomic mass is 16.6. The highest BCUT2D eigenvalue weighted by Gasteiger charge is 2.76. The molecule has 262 valence electrons. The number of rotatable bonds is 15. The average Bonchev–Trinajstić information content (AvgIpc) is 3.73. The van der Waals surface area contributed by atoms with E-state index in [9.17, 15) is 24.3 Å². The van der Waals surface area contributed by atoms with Gasteiger partial charge in [0, 0.05) is 18.7 Å². The number of ether oxygens (including phenoxy) is 2. The van der Waals surface area contributed by atoms with E-state index in [4.69, 9.17) is 9.47 Å². The topological polar surface area (TPSA) is 125 Å². The number of aliphatic hydroxyl groups is 1. The molecule has 3 aliphatic heterocycles. The molecule has 7 atom stereocenters. The van der Waals surface area contributed by atoms with Gasteiger partial charge in [0.05, 0.1) is 37.1 Å². The van der Waals surface area contributed by atoms with Crippen LogP contribution in [0.4, 0.5) is 5.69 Å². The van der Waals surface area contributed by atoms with Gasteiger partial charge in [0.2, 0.25) is 11.8 Å². The lowest BCUT2D eigenvalue weighted by Gasteiger charge is -2.40. The number of esters is 1. The Morgan fingerprint density at radius 1 is 1.14 bits per heavy atom. The van der Waals surface area contributed by atoms with Crippen LogP contribution in [0, 0.1) is 31.6 Å². The van der Waals surface area contributed by atoms with Crippen molar-refractivity contribution in [3.63, 3.8) is 0 Å². The molecule has 0 radical (unpaired) electrons. The lowest BCUT2D eigenvalue weighted by molar-refractivity contribution is -0.161. The Bertz CT molecular complexity index is 1580. The van der Waals surface area contributed by atoms with Crippen LogP contribution in [0.3, 0.4) is 0 Å². The zero-order chi connectivity index (χ0) is 35.5. The molecule has 2 aromatic rings. The van der Waals surface area contributed by atoms with Crippen LogP contribution in [0.25, 0.3) is 0 Å². The van der Waals surface area contributed by atoms with E-state index in [0.29, 0.717) is 30.5 Å². The Kier molecular flexibility index (Phi) is 11.1. The van der Waals surface area contributed by atoms with Gasteiger partial charge < -0.3 is 29.7 Å². The average molecular weight is 672 g/mol. The van der Waals surface area contributed by atoms with E-state index in [1.165, 1.54) is 4.90 Å². The fourth-order valence-electron chi connectivity index (χ4n) is 7.85. The fraction of sp³-hybridized carbons (Fsp3) is 0.487. The van der Waals surface area contributed by atoms with Crippen LogP contribution in [0.1, 0.15) is 62.3 Å². The number of hydrogen-bond acceptors (Lipinski definition) is 7. The summed E-state index contributed by atoms with van der Waals surface area (Å²) in [6.07, 6.45) is 3.52. The van der Waals surface area contributed by atoms with Crippen LogP contribution < -0.4 is 10.2 Å². The van der Waals surface area contributed by atoms with Crippen LogP contribution in [-0.2, 0) is 28.7 Å². The zero-order valence-electron chi connectivity index (χ0n) is 29.0. The number of carbonyl (C=O) groups is 4. The molecule has 2 aromatic carbocycles. The summed E-state index contributed by atoms with van der Waals surface area (Å²) in [5.41, 5.74) is 1.96. The molecule has 10 heteroatoms. The van der Waals surface area contributed by atoms with E-state index in [1.54, 1.807) is 17.1 Å². The van der Waals surface area contributed by atoms with Crippen molar-refractivity contribution in [3.8, 4) is 0 Å². The van der Waals surface area contributed by atoms with Gasteiger partial charge in [-0.25, -0.2) is 0 Å². The number of amides is 3. The third-order valence-electron chi connectivity index (χ3n) is 10.3. The molecule has 5 rings (SSSR count). The number of carbonyl (C=O) groups excluding carboxylic acids is 4. The van der Waals surface area contributed by atoms with Gasteiger partial charge in [-0.05, 0) is 61.8 Å². The molecule has 0 saturated carbocycles. The van der Waals surface area contributed by atoms with Crippen molar-refractivity contribution >= 4 is 29.4 Å². The van der Waals surface area contributed by atoms with Crippen molar-refractivity contribution in [1.82, 2.24) is 10.2 Å². The van der Waals surface area contributed by atoms with Crippen LogP contribution in [0.5, 0.6) is 0 Å². The maximum atomic E-state index is 14.9. The first-order valence-corrected chi connectivity index (χ1v) is 17.2. The molecule has 3 heterocycles. The van der Waals surface area contributed by atoms with Gasteiger partial charge in [-0.15, -0.1) is 13.2 Å². The first kappa shape index (κ1) is 36.0. The quantitative estimate of drug-likeness (QED) is 0.210. The number of nitrogens with one attached hydrogen (secondary N) is 1. The van der Waals surface area contributed by atoms with Crippen molar-refractivity contribution in [3.05, 3.63) is 90.5 Å². The van der Waals surface area contributed by atoms with Crippen molar-refractivity contribution in [2.24, 2.45) is 17.8 Å². The first-order chi connectivity index (χ1) is 23.5. The monoisotopic (exact) mass is 671 g/mol. The van der Waals surface area contributed by atoms with Crippen molar-refractivity contribution in [2.45, 2.75) is 83.3 Å². The molecule has 3 aliphatic rings. The molecule has 0 unspecified atom stereocenters. The number of hydrogen-bond donors (Lipinski definition) is 2. The number of benzene rings is 2. The van der Waals surface area contributed by atoms with Gasteiger partial charge in [0.1, 0.15) is 17.7 Å². The highest BCUT2D eigenvalue weighted by Crippen LogP contribution is 2.59. The Hall–Kier alpha value is -4.28. The zero-order valence-corrected chi connectivity index (χ0v) is 29.0. The summed E-state index contributed by atoms with van der Waals surface area (Å²) in [5.74, 6) is -3.70. The lowest BCUT2D eigenvalue weighted by Crippen LogP contribution is -2.60. The van der Waals surface area contributed by atoms with E-state index in [-0.39, 0.29) is 43.8 Å². The molecular weight excluding hydrogens is 622 g/mol. The fourth-order valence-corrected chi connectivity index (χ4v) is 7.85. The standard InChI is InChI=1S/C39H49N3O7/c1-7-9-15-32(44)40-22-31(27-13-11-10-12-14-27)48-38(47)33-30-18-19-39(49-30)34(33)36(45)42(29(23-43)24(3)4)35(39)37(46)41(20-8-2)28-21-25(5)16-17-26(28)6/h7-8,10-14,16-17,21,24,29-31,33-35,43H,1-2,9,15,18-20,22-23H2,3-6H3,(H,40,44)/t29-,30+,31-,33-,34-,35+,39-/m0/s1. The van der Waals surface area contributed by atoms with Gasteiger partial charge in [0.25, 0.3) is 5.91 Å². The predicted molar refractivity (Wildman–Crippen MR) is 186 cm³/mol. The van der Waals surface area contributed by atoms with Crippen LogP contribution in [0.2, 0.25) is 0 Å². The van der Waals surface area contributed by atoms with E-state index in [2.05, 4.69) is 18.5 Å². The summed E-state index contributed by atoms with van der Waals surface area (Å²) < 4.78 is 12.8. The summed E-state index contributed by atoms with van der Waals surface area (Å²) >= 11 is 0. The van der Waals surface area contributed by atoms with E-state index in [1.807, 2.05) is 76.2 Å². The molecular formula is C39H49N3O7. The third-order valence-corrected chi connectivity index (χ3v) is 10.3. The number of aryl methyl sites for hydroxylation is 2. The van der Waals surface area contributed by atoms with Crippen LogP contribution in [0.15, 0.2) is 73.8 Å². The maximum Gasteiger partial charge on any atom is 0.313 e. The summed E-state index contributed by atoms with van der Waals surface area (Å²) in [6, 6.07) is 13.2.